The minimum Gasteiger partial charge on any atom is -0.462 e. The van der Waals surface area contributed by atoms with Crippen molar-refractivity contribution in [1.29, 1.82) is 0 Å². The minimum atomic E-state index is -0.798. The molecule has 0 amide bonds. The molecule has 0 N–H and O–H groups in total. The number of carbonyl (C=O) groups is 3. The van der Waals surface area contributed by atoms with Crippen LogP contribution >= 0.6 is 0 Å². The van der Waals surface area contributed by atoms with Crippen molar-refractivity contribution >= 4 is 17.9 Å². The Labute approximate surface area is 388 Å². The van der Waals surface area contributed by atoms with E-state index in [4.69, 9.17) is 14.2 Å². The number of hydrogen-bond acceptors (Lipinski definition) is 6. The highest BCUT2D eigenvalue weighted by molar-refractivity contribution is 5.71. The number of unbranched alkanes of at least 4 members (excludes halogenated alkanes) is 22. The van der Waals surface area contributed by atoms with Crippen molar-refractivity contribution in [2.75, 3.05) is 13.2 Å². The summed E-state index contributed by atoms with van der Waals surface area (Å²) in [7, 11) is 0. The van der Waals surface area contributed by atoms with E-state index < -0.39 is 6.10 Å². The van der Waals surface area contributed by atoms with Gasteiger partial charge in [-0.15, -0.1) is 0 Å². The van der Waals surface area contributed by atoms with E-state index in [0.29, 0.717) is 12.8 Å². The molecule has 0 spiro atoms. The molecule has 0 radical (unpaired) electrons. The molecule has 0 bridgehead atoms. The van der Waals surface area contributed by atoms with Crippen molar-refractivity contribution < 1.29 is 28.6 Å². The molecule has 1 atom stereocenters. The molecule has 6 heteroatoms. The van der Waals surface area contributed by atoms with Crippen LogP contribution in [0.1, 0.15) is 239 Å². The second kappa shape index (κ2) is 51.2. The largest absolute Gasteiger partial charge is 0.462 e. The van der Waals surface area contributed by atoms with E-state index in [-0.39, 0.29) is 37.5 Å². The van der Waals surface area contributed by atoms with E-state index in [0.717, 1.165) is 109 Å². The van der Waals surface area contributed by atoms with Crippen LogP contribution in [0.25, 0.3) is 0 Å². The zero-order valence-electron chi connectivity index (χ0n) is 41.1. The smallest absolute Gasteiger partial charge is 0.306 e. The Bertz CT molecular complexity index is 1240. The van der Waals surface area contributed by atoms with Gasteiger partial charge in [-0.3, -0.25) is 14.4 Å². The molecule has 0 fully saturated rings. The summed E-state index contributed by atoms with van der Waals surface area (Å²) in [5.74, 6) is -0.945. The van der Waals surface area contributed by atoms with Gasteiger partial charge in [-0.2, -0.15) is 0 Å². The number of hydrogen-bond donors (Lipinski definition) is 0. The molecule has 1 unspecified atom stereocenters. The number of rotatable bonds is 46. The number of carbonyl (C=O) groups excluding carboxylic acids is 3. The maximum Gasteiger partial charge on any atom is 0.306 e. The van der Waals surface area contributed by atoms with Gasteiger partial charge >= 0.3 is 17.9 Å². The van der Waals surface area contributed by atoms with E-state index in [9.17, 15) is 14.4 Å². The molecule has 6 nitrogen and oxygen atoms in total. The van der Waals surface area contributed by atoms with Crippen LogP contribution in [0.4, 0.5) is 0 Å². The maximum atomic E-state index is 12.8. The molecule has 0 aromatic heterocycles. The van der Waals surface area contributed by atoms with Gasteiger partial charge in [0.2, 0.25) is 0 Å². The molecule has 0 aliphatic carbocycles. The predicted molar refractivity (Wildman–Crippen MR) is 270 cm³/mol. The lowest BCUT2D eigenvalue weighted by Crippen LogP contribution is -2.30. The van der Waals surface area contributed by atoms with Crippen LogP contribution in [0.5, 0.6) is 0 Å². The van der Waals surface area contributed by atoms with Gasteiger partial charge in [-0.25, -0.2) is 0 Å². The van der Waals surface area contributed by atoms with Crippen LogP contribution in [0, 0.1) is 0 Å². The van der Waals surface area contributed by atoms with Gasteiger partial charge in [-0.05, 0) is 103 Å². The highest BCUT2D eigenvalue weighted by Crippen LogP contribution is 2.14. The summed E-state index contributed by atoms with van der Waals surface area (Å²) in [5.41, 5.74) is 0. The molecule has 0 aliphatic heterocycles. The summed E-state index contributed by atoms with van der Waals surface area (Å²) in [6, 6.07) is 0. The van der Waals surface area contributed by atoms with Gasteiger partial charge < -0.3 is 14.2 Å². The van der Waals surface area contributed by atoms with Crippen molar-refractivity contribution in [2.45, 2.75) is 245 Å². The average molecular weight is 877 g/mol. The lowest BCUT2D eigenvalue weighted by atomic mass is 10.1. The highest BCUT2D eigenvalue weighted by Gasteiger charge is 2.19. The molecule has 0 aliphatic rings. The molecule has 0 aromatic carbocycles. The van der Waals surface area contributed by atoms with Crippen LogP contribution in [0.15, 0.2) is 85.1 Å². The first kappa shape index (κ1) is 59.6. The third-order valence-corrected chi connectivity index (χ3v) is 10.9. The molecule has 0 saturated carbocycles. The Hall–Kier alpha value is -3.41. The van der Waals surface area contributed by atoms with E-state index in [2.05, 4.69) is 106 Å². The average Bonchev–Trinajstić information content (AvgIpc) is 3.28. The molecular formula is C57H96O6. The van der Waals surface area contributed by atoms with Crippen LogP contribution in [-0.2, 0) is 28.6 Å². The first-order chi connectivity index (χ1) is 31.0. The van der Waals surface area contributed by atoms with Crippen LogP contribution < -0.4 is 0 Å². The number of allylic oxidation sites excluding steroid dienone is 14. The monoisotopic (exact) mass is 877 g/mol. The maximum absolute atomic E-state index is 12.8. The normalized spacial score (nSPS) is 12.7. The molecular weight excluding hydrogens is 781 g/mol. The minimum absolute atomic E-state index is 0.0953. The quantitative estimate of drug-likeness (QED) is 0.0199. The molecule has 0 rings (SSSR count). The first-order valence-corrected chi connectivity index (χ1v) is 26.1. The molecule has 0 saturated heterocycles. The Morgan fingerprint density at radius 1 is 0.349 bits per heavy atom. The van der Waals surface area contributed by atoms with E-state index >= 15 is 0 Å². The predicted octanol–water partition coefficient (Wildman–Crippen LogP) is 17.2. The topological polar surface area (TPSA) is 78.9 Å². The molecule has 0 aromatic rings. The zero-order valence-corrected chi connectivity index (χ0v) is 41.1. The van der Waals surface area contributed by atoms with E-state index in [1.165, 1.54) is 89.9 Å². The Morgan fingerprint density at radius 3 is 1.14 bits per heavy atom. The Balaban J connectivity index is 4.39. The fraction of sp³-hybridized carbons (Fsp3) is 0.702. The third kappa shape index (κ3) is 49.5. The standard InChI is InChI=1S/C57H96O6/c1-4-7-10-13-16-19-22-24-26-28-29-30-32-33-35-38-41-44-47-50-56(59)62-53-54(52-61-55(58)49-46-43-40-37-21-18-15-12-9-6-3)63-57(60)51-48-45-42-39-36-34-31-27-25-23-20-17-14-11-8-5-2/h8,11,15-20,22,24-25,27,34,36,54H,4-7,9-10,12-14,21,23,26,28-33,35,37-53H2,1-3H3/b11-8-,18-15-,19-16-,20-17-,24-22-,27-25-,36-34-. The zero-order chi connectivity index (χ0) is 45.8. The SMILES string of the molecule is CC/C=C\C/C=C\C/C=C\C/C=C\CCCCCC(=O)OC(COC(=O)CCCCCC/C=C\CCCC)COC(=O)CCCCCCCCCCCC/C=C\C=C/CCCCC. The molecule has 360 valence electrons. The van der Waals surface area contributed by atoms with Gasteiger partial charge in [0, 0.05) is 19.3 Å². The van der Waals surface area contributed by atoms with Gasteiger partial charge in [0.05, 0.1) is 0 Å². The van der Waals surface area contributed by atoms with Gasteiger partial charge in [0.15, 0.2) is 6.10 Å². The van der Waals surface area contributed by atoms with Crippen molar-refractivity contribution in [1.82, 2.24) is 0 Å². The summed E-state index contributed by atoms with van der Waals surface area (Å²) in [5, 5.41) is 0. The number of ether oxygens (including phenoxy) is 3. The fourth-order valence-corrected chi connectivity index (χ4v) is 6.93. The van der Waals surface area contributed by atoms with Crippen molar-refractivity contribution in [3.05, 3.63) is 85.1 Å². The van der Waals surface area contributed by atoms with Crippen molar-refractivity contribution in [2.24, 2.45) is 0 Å². The van der Waals surface area contributed by atoms with Crippen LogP contribution in [-0.4, -0.2) is 37.2 Å². The molecule has 0 heterocycles. The fourth-order valence-electron chi connectivity index (χ4n) is 6.93. The van der Waals surface area contributed by atoms with Gasteiger partial charge in [0.1, 0.15) is 13.2 Å². The Kier molecular flexibility index (Phi) is 48.5. The number of esters is 3. The first-order valence-electron chi connectivity index (χ1n) is 26.1. The van der Waals surface area contributed by atoms with E-state index in [1.807, 2.05) is 0 Å². The second-order valence-electron chi connectivity index (χ2n) is 17.1. The van der Waals surface area contributed by atoms with Crippen LogP contribution in [0.2, 0.25) is 0 Å². The Morgan fingerprint density at radius 2 is 0.683 bits per heavy atom. The lowest BCUT2D eigenvalue weighted by Gasteiger charge is -2.18. The lowest BCUT2D eigenvalue weighted by molar-refractivity contribution is -0.167. The second-order valence-corrected chi connectivity index (χ2v) is 17.1. The summed E-state index contributed by atoms with van der Waals surface area (Å²) >= 11 is 0. The summed E-state index contributed by atoms with van der Waals surface area (Å²) < 4.78 is 16.7. The van der Waals surface area contributed by atoms with Gasteiger partial charge in [-0.1, -0.05) is 202 Å². The van der Waals surface area contributed by atoms with Crippen molar-refractivity contribution in [3.8, 4) is 0 Å². The van der Waals surface area contributed by atoms with E-state index in [1.54, 1.807) is 0 Å². The summed E-state index contributed by atoms with van der Waals surface area (Å²) in [4.78, 5) is 37.9. The summed E-state index contributed by atoms with van der Waals surface area (Å²) in [6.45, 7) is 6.41. The molecule has 63 heavy (non-hydrogen) atoms. The van der Waals surface area contributed by atoms with Gasteiger partial charge in [0.25, 0.3) is 0 Å². The van der Waals surface area contributed by atoms with Crippen molar-refractivity contribution in [3.63, 3.8) is 0 Å². The highest BCUT2D eigenvalue weighted by atomic mass is 16.6. The summed E-state index contributed by atoms with van der Waals surface area (Å²) in [6.07, 6.45) is 65.7. The third-order valence-electron chi connectivity index (χ3n) is 10.9. The van der Waals surface area contributed by atoms with Crippen LogP contribution in [0.3, 0.4) is 0 Å².